The molecule has 10 heteroatoms. The van der Waals surface area contributed by atoms with Crippen molar-refractivity contribution in [2.45, 2.75) is 120 Å². The van der Waals surface area contributed by atoms with Crippen LogP contribution in [0, 0.1) is 27.7 Å². The number of nitrogens with zero attached hydrogens (tertiary/aromatic N) is 10. The van der Waals surface area contributed by atoms with Crippen LogP contribution in [0.1, 0.15) is 135 Å². The van der Waals surface area contributed by atoms with E-state index in [-0.39, 0.29) is 23.7 Å². The summed E-state index contributed by atoms with van der Waals surface area (Å²) >= 11 is 0. The third-order valence-electron chi connectivity index (χ3n) is 12.8. The van der Waals surface area contributed by atoms with E-state index in [9.17, 15) is 0 Å². The van der Waals surface area contributed by atoms with E-state index in [4.69, 9.17) is 41.1 Å². The minimum atomic E-state index is 0.274. The number of hydrogen-bond acceptors (Lipinski definition) is 8. The van der Waals surface area contributed by atoms with Crippen LogP contribution in [-0.2, 0) is 12.8 Å². The van der Waals surface area contributed by atoms with E-state index < -0.39 is 0 Å². The highest BCUT2D eigenvalue weighted by Crippen LogP contribution is 2.40. The first-order chi connectivity index (χ1) is 32.7. The van der Waals surface area contributed by atoms with Crippen molar-refractivity contribution in [3.63, 3.8) is 0 Å². The Bertz CT molecular complexity index is 2810. The molecule has 0 aliphatic rings. The third-order valence-corrected chi connectivity index (χ3v) is 12.8. The molecule has 68 heavy (non-hydrogen) atoms. The predicted octanol–water partition coefficient (Wildman–Crippen LogP) is 16.5. The van der Waals surface area contributed by atoms with Crippen LogP contribution < -0.4 is 0 Å². The van der Waals surface area contributed by atoms with E-state index in [2.05, 4.69) is 144 Å². The molecule has 0 aliphatic carbocycles. The van der Waals surface area contributed by atoms with Gasteiger partial charge in [-0.3, -0.25) is 0 Å². The number of benzene rings is 6. The van der Waals surface area contributed by atoms with E-state index >= 15 is 0 Å². The van der Waals surface area contributed by atoms with Crippen molar-refractivity contribution in [2.24, 2.45) is 20.5 Å². The number of aryl methyl sites for hydroxylation is 6. The molecule has 8 rings (SSSR count). The summed E-state index contributed by atoms with van der Waals surface area (Å²) in [6.45, 7) is 26.2. The lowest BCUT2D eigenvalue weighted by molar-refractivity contribution is 0.741. The van der Waals surface area contributed by atoms with Crippen LogP contribution in [-0.4, -0.2) is 30.0 Å². The van der Waals surface area contributed by atoms with Crippen LogP contribution in [0.3, 0.4) is 0 Å². The Morgan fingerprint density at radius 2 is 0.706 bits per heavy atom. The minimum absolute atomic E-state index is 0.274. The van der Waals surface area contributed by atoms with E-state index in [0.29, 0.717) is 23.0 Å². The maximum Gasteiger partial charge on any atom is 0.206 e. The molecule has 0 N–H and O–H groups in total. The largest absolute Gasteiger partial charge is 0.206 e. The fourth-order valence-electron chi connectivity index (χ4n) is 9.29. The van der Waals surface area contributed by atoms with E-state index in [1.165, 1.54) is 33.4 Å². The zero-order valence-electron chi connectivity index (χ0n) is 41.7. The van der Waals surface area contributed by atoms with Crippen molar-refractivity contribution >= 4 is 23.0 Å². The van der Waals surface area contributed by atoms with Crippen LogP contribution in [0.5, 0.6) is 0 Å². The van der Waals surface area contributed by atoms with Crippen molar-refractivity contribution < 1.29 is 0 Å². The van der Waals surface area contributed by atoms with Crippen molar-refractivity contribution in [1.29, 1.82) is 0 Å². The van der Waals surface area contributed by atoms with Crippen LogP contribution in [0.15, 0.2) is 142 Å². The molecule has 0 atom stereocenters. The molecule has 0 unspecified atom stereocenters. The molecule has 0 saturated heterocycles. The quantitative estimate of drug-likeness (QED) is 0.0954. The monoisotopic (exact) mass is 901 g/mol. The Morgan fingerprint density at radius 3 is 1.00 bits per heavy atom. The van der Waals surface area contributed by atoms with Gasteiger partial charge < -0.3 is 0 Å². The van der Waals surface area contributed by atoms with Crippen molar-refractivity contribution in [2.75, 3.05) is 0 Å². The maximum absolute atomic E-state index is 4.99. The standard InChI is InChI=1S/C58H64N10/c1-35(2)47-25-19-26-48(36(3)4)55(47)67-57(53(61-65-67)45-21-15-13-16-22-45)63-59-51-39(9)31-43(32-40(51)10)29-30-44-33-41(11)52(42(12)34-44)60-64-58-54(46-23-17-14-18-24-46)62-66-68(58)56-49(37(5)6)27-20-28-50(56)38(7)8/h13-28,31-38H,29-30H2,1-12H3. The number of azo groups is 2. The minimum Gasteiger partial charge on any atom is -0.192 e. The number of hydrogen-bond donors (Lipinski definition) is 0. The molecule has 2 heterocycles. The predicted molar refractivity (Wildman–Crippen MR) is 278 cm³/mol. The Morgan fingerprint density at radius 1 is 0.397 bits per heavy atom. The SMILES string of the molecule is Cc1cc(CCc2cc(C)c(N=Nc3c(-c4ccccc4)nnn3-c3c(C(C)C)cccc3C(C)C)c(C)c2)cc(C)c1N=Nc1c(-c2ccccc2)nnn1-c1c(C(C)C)cccc1C(C)C. The molecule has 0 saturated carbocycles. The lowest BCUT2D eigenvalue weighted by atomic mass is 9.92. The van der Waals surface area contributed by atoms with Gasteiger partial charge in [0, 0.05) is 11.1 Å². The molecule has 0 bridgehead atoms. The molecule has 0 spiro atoms. The summed E-state index contributed by atoms with van der Waals surface area (Å²) < 4.78 is 3.80. The van der Waals surface area contributed by atoms with Crippen molar-refractivity contribution in [3.8, 4) is 33.9 Å². The molecule has 346 valence electrons. The van der Waals surface area contributed by atoms with Gasteiger partial charge in [0.05, 0.1) is 22.7 Å². The Hall–Kier alpha value is -7.20. The van der Waals surface area contributed by atoms with Gasteiger partial charge in [-0.25, -0.2) is 0 Å². The normalized spacial score (nSPS) is 12.1. The van der Waals surface area contributed by atoms with Crippen molar-refractivity contribution in [1.82, 2.24) is 30.0 Å². The molecule has 10 nitrogen and oxygen atoms in total. The van der Waals surface area contributed by atoms with Gasteiger partial charge in [-0.1, -0.05) is 187 Å². The zero-order chi connectivity index (χ0) is 48.2. The lowest BCUT2D eigenvalue weighted by Gasteiger charge is -2.19. The second kappa shape index (κ2) is 20.3. The van der Waals surface area contributed by atoms with Gasteiger partial charge in [0.15, 0.2) is 0 Å². The van der Waals surface area contributed by atoms with Gasteiger partial charge in [-0.15, -0.1) is 30.7 Å². The first kappa shape index (κ1) is 47.3. The topological polar surface area (TPSA) is 111 Å². The third kappa shape index (κ3) is 9.77. The van der Waals surface area contributed by atoms with E-state index in [1.54, 1.807) is 0 Å². The summed E-state index contributed by atoms with van der Waals surface area (Å²) in [6, 6.07) is 42.2. The molecule has 0 radical (unpaired) electrons. The summed E-state index contributed by atoms with van der Waals surface area (Å²) in [5.41, 5.74) is 18.6. The van der Waals surface area contributed by atoms with Gasteiger partial charge in [-0.2, -0.15) is 9.36 Å². The summed E-state index contributed by atoms with van der Waals surface area (Å²) in [5.74, 6) is 2.32. The molecule has 0 aliphatic heterocycles. The number of para-hydroxylation sites is 2. The van der Waals surface area contributed by atoms with Gasteiger partial charge in [0.25, 0.3) is 0 Å². The smallest absolute Gasteiger partial charge is 0.192 e. The Labute approximate surface area is 402 Å². The van der Waals surface area contributed by atoms with E-state index in [0.717, 1.165) is 69.0 Å². The van der Waals surface area contributed by atoms with Crippen molar-refractivity contribution in [3.05, 3.63) is 177 Å². The number of rotatable bonds is 15. The van der Waals surface area contributed by atoms with Crippen LogP contribution in [0.25, 0.3) is 33.9 Å². The average Bonchev–Trinajstić information content (AvgIpc) is 3.94. The second-order valence-corrected chi connectivity index (χ2v) is 19.3. The molecular formula is C58H64N10. The maximum atomic E-state index is 4.99. The van der Waals surface area contributed by atoms with Crippen LogP contribution in [0.2, 0.25) is 0 Å². The highest BCUT2D eigenvalue weighted by molar-refractivity contribution is 5.73. The molecule has 8 aromatic rings. The van der Waals surface area contributed by atoms with Gasteiger partial charge in [0.2, 0.25) is 11.6 Å². The molecule has 6 aromatic carbocycles. The lowest BCUT2D eigenvalue weighted by Crippen LogP contribution is -2.08. The Kier molecular flexibility index (Phi) is 14.2. The molecule has 2 aromatic heterocycles. The van der Waals surface area contributed by atoms with Crippen LogP contribution in [0.4, 0.5) is 23.0 Å². The zero-order valence-corrected chi connectivity index (χ0v) is 41.7. The first-order valence-electron chi connectivity index (χ1n) is 24.0. The second-order valence-electron chi connectivity index (χ2n) is 19.3. The fourth-order valence-corrected chi connectivity index (χ4v) is 9.29. The first-order valence-corrected chi connectivity index (χ1v) is 24.0. The fraction of sp³-hybridized carbons (Fsp3) is 0.310. The summed E-state index contributed by atoms with van der Waals surface area (Å²) in [5, 5.41) is 38.8. The van der Waals surface area contributed by atoms with Gasteiger partial charge in [0.1, 0.15) is 11.4 Å². The highest BCUT2D eigenvalue weighted by Gasteiger charge is 2.25. The molecule has 0 amide bonds. The summed E-state index contributed by atoms with van der Waals surface area (Å²) in [4.78, 5) is 0. The molecule has 0 fully saturated rings. The molecular weight excluding hydrogens is 837 g/mol. The summed E-state index contributed by atoms with van der Waals surface area (Å²) in [6.07, 6.45) is 1.74. The van der Waals surface area contributed by atoms with Gasteiger partial charge >= 0.3 is 0 Å². The van der Waals surface area contributed by atoms with Gasteiger partial charge in [-0.05, 0) is 120 Å². The highest BCUT2D eigenvalue weighted by atomic mass is 15.5. The van der Waals surface area contributed by atoms with E-state index in [1.807, 2.05) is 70.0 Å². The average molecular weight is 901 g/mol. The Balaban J connectivity index is 1.07. The summed E-state index contributed by atoms with van der Waals surface area (Å²) in [7, 11) is 0. The number of aromatic nitrogens is 6. The van der Waals surface area contributed by atoms with Crippen LogP contribution >= 0.6 is 0 Å².